The minimum absolute atomic E-state index is 0.200. The summed E-state index contributed by atoms with van der Waals surface area (Å²) < 4.78 is 9.76. The van der Waals surface area contributed by atoms with E-state index in [0.717, 1.165) is 6.08 Å². The Labute approximate surface area is 111 Å². The third-order valence-corrected chi connectivity index (χ3v) is 2.68. The maximum atomic E-state index is 11.6. The predicted octanol–water partition coefficient (Wildman–Crippen LogP) is 0.885. The molecule has 1 aliphatic rings. The van der Waals surface area contributed by atoms with Gasteiger partial charge in [-0.3, -0.25) is 14.4 Å². The maximum Gasteiger partial charge on any atom is 0.331 e. The zero-order chi connectivity index (χ0) is 13.2. The van der Waals surface area contributed by atoms with Crippen molar-refractivity contribution in [1.82, 2.24) is 0 Å². The third kappa shape index (κ3) is 3.42. The average Bonchev–Trinajstić information content (AvgIpc) is 2.13. The first kappa shape index (κ1) is 13.9. The monoisotopic (exact) mass is 354 g/mol. The first-order valence-corrected chi connectivity index (χ1v) is 6.24. The van der Waals surface area contributed by atoms with E-state index in [1.165, 1.54) is 13.8 Å². The molecular weight excluding hydrogens is 343 g/mol. The molecule has 1 saturated heterocycles. The summed E-state index contributed by atoms with van der Waals surface area (Å²) in [5.74, 6) is -6.00. The molecule has 1 aliphatic heterocycles. The van der Waals surface area contributed by atoms with Gasteiger partial charge in [0.25, 0.3) is 5.79 Å². The molecular formula is C10H11IO6. The first-order chi connectivity index (χ1) is 7.76. The Morgan fingerprint density at radius 2 is 1.88 bits per heavy atom. The van der Waals surface area contributed by atoms with Crippen LogP contribution in [-0.2, 0) is 23.9 Å². The molecule has 0 aliphatic carbocycles. The van der Waals surface area contributed by atoms with E-state index in [2.05, 4.69) is 0 Å². The van der Waals surface area contributed by atoms with E-state index in [1.54, 1.807) is 0 Å². The molecule has 0 bridgehead atoms. The van der Waals surface area contributed by atoms with Crippen LogP contribution in [0.2, 0.25) is 0 Å². The van der Waals surface area contributed by atoms with E-state index < -0.39 is 29.4 Å². The molecule has 1 heterocycles. The number of hydrogen-bond donors (Lipinski definition) is 1. The number of carbonyl (C=O) groups excluding carboxylic acids is 3. The highest BCUT2D eigenvalue weighted by Gasteiger charge is 2.46. The summed E-state index contributed by atoms with van der Waals surface area (Å²) in [5, 5.41) is 9.16. The zero-order valence-corrected chi connectivity index (χ0v) is 11.4. The van der Waals surface area contributed by atoms with Gasteiger partial charge in [0, 0.05) is 19.9 Å². The van der Waals surface area contributed by atoms with Crippen LogP contribution in [0.25, 0.3) is 0 Å². The Morgan fingerprint density at radius 1 is 1.41 bits per heavy atom. The number of aliphatic hydroxyl groups is 1. The molecule has 1 rings (SSSR count). The number of allylic oxidation sites excluding steroid dienone is 2. The molecule has 6 nitrogen and oxygen atoms in total. The second-order valence-electron chi connectivity index (χ2n) is 3.85. The fourth-order valence-corrected chi connectivity index (χ4v) is 1.46. The summed E-state index contributed by atoms with van der Waals surface area (Å²) in [5.41, 5.74) is 0. The molecule has 17 heavy (non-hydrogen) atoms. The number of cyclic esters (lactones) is 2. The van der Waals surface area contributed by atoms with Gasteiger partial charge in [-0.1, -0.05) is 22.6 Å². The molecule has 1 N–H and O–H groups in total. The number of rotatable bonds is 3. The van der Waals surface area contributed by atoms with Crippen LogP contribution in [0, 0.1) is 5.92 Å². The van der Waals surface area contributed by atoms with E-state index in [1.807, 2.05) is 22.6 Å². The number of ketones is 1. The fraction of sp³-hybridized carbons (Fsp3) is 0.500. The van der Waals surface area contributed by atoms with Crippen LogP contribution in [-0.4, -0.2) is 33.0 Å². The SMILES string of the molecule is CC1(C)OC(=O)C(C(=O)/C=C(\O)CI)C(=O)O1. The number of alkyl halides is 1. The van der Waals surface area contributed by atoms with Crippen LogP contribution >= 0.6 is 22.6 Å². The van der Waals surface area contributed by atoms with Crippen molar-refractivity contribution in [3.8, 4) is 0 Å². The molecule has 1 fully saturated rings. The van der Waals surface area contributed by atoms with Gasteiger partial charge < -0.3 is 14.6 Å². The Balaban J connectivity index is 2.89. The molecule has 94 valence electrons. The molecule has 0 atom stereocenters. The van der Waals surface area contributed by atoms with E-state index in [4.69, 9.17) is 14.6 Å². The number of halogens is 1. The number of hydrogen-bond acceptors (Lipinski definition) is 6. The Hall–Kier alpha value is -1.12. The largest absolute Gasteiger partial charge is 0.511 e. The average molecular weight is 354 g/mol. The Bertz CT molecular complexity index is 378. The van der Waals surface area contributed by atoms with Crippen LogP contribution in [0.3, 0.4) is 0 Å². The molecule has 7 heteroatoms. The molecule has 0 saturated carbocycles. The summed E-state index contributed by atoms with van der Waals surface area (Å²) in [6.07, 6.45) is 0.831. The Kier molecular flexibility index (Phi) is 4.12. The third-order valence-electron chi connectivity index (χ3n) is 1.89. The second kappa shape index (κ2) is 5.03. The molecule has 0 aromatic carbocycles. The predicted molar refractivity (Wildman–Crippen MR) is 64.4 cm³/mol. The normalized spacial score (nSPS) is 20.8. The van der Waals surface area contributed by atoms with Crippen LogP contribution < -0.4 is 0 Å². The second-order valence-corrected chi connectivity index (χ2v) is 4.61. The summed E-state index contributed by atoms with van der Waals surface area (Å²) in [7, 11) is 0. The van der Waals surface area contributed by atoms with Crippen LogP contribution in [0.15, 0.2) is 11.8 Å². The maximum absolute atomic E-state index is 11.6. The highest BCUT2D eigenvalue weighted by atomic mass is 127. The smallest absolute Gasteiger partial charge is 0.331 e. The first-order valence-electron chi connectivity index (χ1n) is 4.72. The van der Waals surface area contributed by atoms with Crippen molar-refractivity contribution in [2.45, 2.75) is 19.6 Å². The van der Waals surface area contributed by atoms with Crippen molar-refractivity contribution in [3.63, 3.8) is 0 Å². The lowest BCUT2D eigenvalue weighted by Crippen LogP contribution is -2.48. The molecule has 0 aromatic heterocycles. The number of esters is 2. The molecule has 0 aromatic rings. The Morgan fingerprint density at radius 3 is 2.29 bits per heavy atom. The van der Waals surface area contributed by atoms with Gasteiger partial charge in [-0.05, 0) is 0 Å². The van der Waals surface area contributed by atoms with Crippen LogP contribution in [0.4, 0.5) is 0 Å². The van der Waals surface area contributed by atoms with Crippen LogP contribution in [0.5, 0.6) is 0 Å². The number of ether oxygens (including phenoxy) is 2. The molecule has 0 amide bonds. The fourth-order valence-electron chi connectivity index (χ4n) is 1.24. The lowest BCUT2D eigenvalue weighted by atomic mass is 10.0. The highest BCUT2D eigenvalue weighted by Crippen LogP contribution is 2.24. The van der Waals surface area contributed by atoms with E-state index >= 15 is 0 Å². The number of carbonyl (C=O) groups is 3. The van der Waals surface area contributed by atoms with Gasteiger partial charge in [0.2, 0.25) is 5.92 Å². The van der Waals surface area contributed by atoms with Crippen molar-refractivity contribution in [1.29, 1.82) is 0 Å². The summed E-state index contributed by atoms with van der Waals surface area (Å²) >= 11 is 1.83. The molecule has 0 radical (unpaired) electrons. The van der Waals surface area contributed by atoms with Gasteiger partial charge in [-0.15, -0.1) is 0 Å². The topological polar surface area (TPSA) is 89.9 Å². The van der Waals surface area contributed by atoms with Gasteiger partial charge >= 0.3 is 11.9 Å². The summed E-state index contributed by atoms with van der Waals surface area (Å²) in [6, 6.07) is 0. The van der Waals surface area contributed by atoms with Crippen molar-refractivity contribution >= 4 is 40.3 Å². The van der Waals surface area contributed by atoms with E-state index in [0.29, 0.717) is 0 Å². The zero-order valence-electron chi connectivity index (χ0n) is 9.23. The lowest BCUT2D eigenvalue weighted by molar-refractivity contribution is -0.238. The summed E-state index contributed by atoms with van der Waals surface area (Å²) in [6.45, 7) is 2.78. The number of aliphatic hydroxyl groups excluding tert-OH is 1. The van der Waals surface area contributed by atoms with Gasteiger partial charge in [0.05, 0.1) is 4.43 Å². The minimum atomic E-state index is -1.65. The highest BCUT2D eigenvalue weighted by molar-refractivity contribution is 14.1. The van der Waals surface area contributed by atoms with E-state index in [-0.39, 0.29) is 10.2 Å². The van der Waals surface area contributed by atoms with Crippen LogP contribution in [0.1, 0.15) is 13.8 Å². The standard InChI is InChI=1S/C10H11IO6/c1-10(2)16-8(14)7(9(15)17-10)6(13)3-5(12)4-11/h3,7,12H,4H2,1-2H3/b5-3-. The van der Waals surface area contributed by atoms with Crippen molar-refractivity contribution in [2.24, 2.45) is 5.92 Å². The van der Waals surface area contributed by atoms with Crippen molar-refractivity contribution < 1.29 is 29.0 Å². The minimum Gasteiger partial charge on any atom is -0.511 e. The van der Waals surface area contributed by atoms with E-state index in [9.17, 15) is 14.4 Å². The molecule has 0 unspecified atom stereocenters. The molecule has 0 spiro atoms. The lowest BCUT2D eigenvalue weighted by Gasteiger charge is -2.31. The van der Waals surface area contributed by atoms with Gasteiger partial charge in [0.15, 0.2) is 5.78 Å². The van der Waals surface area contributed by atoms with Gasteiger partial charge in [-0.2, -0.15) is 0 Å². The van der Waals surface area contributed by atoms with Crippen molar-refractivity contribution in [3.05, 3.63) is 11.8 Å². The summed E-state index contributed by atoms with van der Waals surface area (Å²) in [4.78, 5) is 34.5. The quantitative estimate of drug-likeness (QED) is 0.202. The van der Waals surface area contributed by atoms with Gasteiger partial charge in [-0.25, -0.2) is 0 Å². The van der Waals surface area contributed by atoms with Crippen molar-refractivity contribution in [2.75, 3.05) is 4.43 Å². The van der Waals surface area contributed by atoms with Gasteiger partial charge in [0.1, 0.15) is 5.76 Å².